The van der Waals surface area contributed by atoms with Crippen molar-refractivity contribution in [3.63, 3.8) is 0 Å². The summed E-state index contributed by atoms with van der Waals surface area (Å²) in [6.45, 7) is 1.69. The van der Waals surface area contributed by atoms with E-state index in [1.807, 2.05) is 0 Å². The number of benzene rings is 1. The topological polar surface area (TPSA) is 61.0 Å². The molecule has 2 rings (SSSR count). The summed E-state index contributed by atoms with van der Waals surface area (Å²) in [5.41, 5.74) is 6.34. The Morgan fingerprint density at radius 3 is 2.63 bits per heavy atom. The number of halogens is 2. The predicted molar refractivity (Wildman–Crippen MR) is 69.1 cm³/mol. The van der Waals surface area contributed by atoms with Gasteiger partial charge in [0.1, 0.15) is 16.5 Å². The number of thiocarbonyl (C=S) groups is 1. The van der Waals surface area contributed by atoms with Crippen molar-refractivity contribution >= 4 is 17.2 Å². The SMILES string of the molecule is Cc1cc(C(N)=S)nc(Oc2ccc(F)cc2F)n1. The number of rotatable bonds is 3. The van der Waals surface area contributed by atoms with Gasteiger partial charge in [0.2, 0.25) is 0 Å². The first kappa shape index (κ1) is 13.3. The molecule has 0 radical (unpaired) electrons. The van der Waals surface area contributed by atoms with Gasteiger partial charge < -0.3 is 10.5 Å². The lowest BCUT2D eigenvalue weighted by molar-refractivity contribution is 0.406. The number of nitrogens with two attached hydrogens (primary N) is 1. The first-order valence-corrected chi connectivity index (χ1v) is 5.65. The van der Waals surface area contributed by atoms with E-state index in [-0.39, 0.29) is 16.7 Å². The molecule has 0 fully saturated rings. The zero-order chi connectivity index (χ0) is 14.0. The molecule has 0 aliphatic heterocycles. The van der Waals surface area contributed by atoms with Crippen molar-refractivity contribution in [3.05, 3.63) is 47.3 Å². The lowest BCUT2D eigenvalue weighted by Gasteiger charge is -2.07. The molecule has 7 heteroatoms. The standard InChI is InChI=1S/C12H9F2N3OS/c1-6-4-9(11(15)19)17-12(16-6)18-10-3-2-7(13)5-8(10)14/h2-5H,1H3,(H2,15,19). The average molecular weight is 281 g/mol. The fourth-order valence-corrected chi connectivity index (χ4v) is 1.47. The van der Waals surface area contributed by atoms with Crippen LogP contribution in [0.5, 0.6) is 11.8 Å². The van der Waals surface area contributed by atoms with Crippen molar-refractivity contribution in [1.29, 1.82) is 0 Å². The van der Waals surface area contributed by atoms with Crippen molar-refractivity contribution in [2.24, 2.45) is 5.73 Å². The highest BCUT2D eigenvalue weighted by Crippen LogP contribution is 2.22. The van der Waals surface area contributed by atoms with E-state index in [0.717, 1.165) is 12.1 Å². The number of nitrogens with zero attached hydrogens (tertiary/aromatic N) is 2. The van der Waals surface area contributed by atoms with Crippen LogP contribution in [-0.2, 0) is 0 Å². The van der Waals surface area contributed by atoms with Crippen LogP contribution in [0.4, 0.5) is 8.78 Å². The van der Waals surface area contributed by atoms with Crippen LogP contribution in [0.15, 0.2) is 24.3 Å². The van der Waals surface area contributed by atoms with Gasteiger partial charge in [-0.15, -0.1) is 0 Å². The number of hydrogen-bond acceptors (Lipinski definition) is 4. The highest BCUT2D eigenvalue weighted by molar-refractivity contribution is 7.80. The van der Waals surface area contributed by atoms with Crippen LogP contribution in [0.2, 0.25) is 0 Å². The summed E-state index contributed by atoms with van der Waals surface area (Å²) >= 11 is 4.80. The molecule has 2 aromatic rings. The van der Waals surface area contributed by atoms with Crippen molar-refractivity contribution < 1.29 is 13.5 Å². The Hall–Kier alpha value is -2.15. The molecule has 0 saturated heterocycles. The third-order valence-corrected chi connectivity index (χ3v) is 2.39. The molecule has 0 unspecified atom stereocenters. The maximum Gasteiger partial charge on any atom is 0.322 e. The van der Waals surface area contributed by atoms with Crippen LogP contribution >= 0.6 is 12.2 Å². The third kappa shape index (κ3) is 3.19. The Labute approximate surface area is 113 Å². The van der Waals surface area contributed by atoms with Crippen LogP contribution in [0.1, 0.15) is 11.4 Å². The molecular formula is C12H9F2N3OS. The summed E-state index contributed by atoms with van der Waals surface area (Å²) in [7, 11) is 0. The van der Waals surface area contributed by atoms with Crippen LogP contribution in [-0.4, -0.2) is 15.0 Å². The van der Waals surface area contributed by atoms with Gasteiger partial charge in [-0.1, -0.05) is 12.2 Å². The van der Waals surface area contributed by atoms with E-state index < -0.39 is 11.6 Å². The maximum absolute atomic E-state index is 13.4. The van der Waals surface area contributed by atoms with Crippen LogP contribution in [0, 0.1) is 18.6 Å². The summed E-state index contributed by atoms with van der Waals surface area (Å²) in [5, 5.41) is 0. The van der Waals surface area contributed by atoms with E-state index in [1.165, 1.54) is 0 Å². The minimum atomic E-state index is -0.845. The highest BCUT2D eigenvalue weighted by atomic mass is 32.1. The molecule has 1 aromatic carbocycles. The second-order valence-electron chi connectivity index (χ2n) is 3.72. The van der Waals surface area contributed by atoms with E-state index in [9.17, 15) is 8.78 Å². The fourth-order valence-electron chi connectivity index (χ4n) is 1.37. The Bertz CT molecular complexity index is 649. The quantitative estimate of drug-likeness (QED) is 0.876. The molecule has 0 spiro atoms. The van der Waals surface area contributed by atoms with Gasteiger partial charge in [0, 0.05) is 11.8 Å². The zero-order valence-electron chi connectivity index (χ0n) is 9.85. The van der Waals surface area contributed by atoms with Gasteiger partial charge >= 0.3 is 6.01 Å². The molecule has 19 heavy (non-hydrogen) atoms. The fraction of sp³-hybridized carbons (Fsp3) is 0.0833. The van der Waals surface area contributed by atoms with Gasteiger partial charge in [-0.2, -0.15) is 4.98 Å². The molecule has 1 aromatic heterocycles. The smallest absolute Gasteiger partial charge is 0.322 e. The number of hydrogen-bond donors (Lipinski definition) is 1. The summed E-state index contributed by atoms with van der Waals surface area (Å²) < 4.78 is 31.3. The summed E-state index contributed by atoms with van der Waals surface area (Å²) in [6, 6.07) is 4.41. The van der Waals surface area contributed by atoms with Gasteiger partial charge in [-0.25, -0.2) is 13.8 Å². The number of aromatic nitrogens is 2. The molecule has 4 nitrogen and oxygen atoms in total. The monoisotopic (exact) mass is 281 g/mol. The normalized spacial score (nSPS) is 10.3. The molecule has 2 N–H and O–H groups in total. The van der Waals surface area contributed by atoms with Crippen LogP contribution in [0.25, 0.3) is 0 Å². The lowest BCUT2D eigenvalue weighted by atomic mass is 10.3. The van der Waals surface area contributed by atoms with Crippen LogP contribution in [0.3, 0.4) is 0 Å². The molecule has 0 saturated carbocycles. The maximum atomic E-state index is 13.4. The first-order chi connectivity index (χ1) is 8.95. The van der Waals surface area contributed by atoms with E-state index in [4.69, 9.17) is 22.7 Å². The molecule has 0 atom stereocenters. The van der Waals surface area contributed by atoms with Gasteiger partial charge in [0.05, 0.1) is 0 Å². The first-order valence-electron chi connectivity index (χ1n) is 5.24. The van der Waals surface area contributed by atoms with Crippen molar-refractivity contribution in [1.82, 2.24) is 9.97 Å². The third-order valence-electron chi connectivity index (χ3n) is 2.18. The van der Waals surface area contributed by atoms with Gasteiger partial charge in [0.15, 0.2) is 11.6 Å². The number of ether oxygens (including phenoxy) is 1. The van der Waals surface area contributed by atoms with E-state index >= 15 is 0 Å². The van der Waals surface area contributed by atoms with E-state index in [1.54, 1.807) is 13.0 Å². The molecule has 98 valence electrons. The van der Waals surface area contributed by atoms with Crippen molar-refractivity contribution in [2.75, 3.05) is 0 Å². The summed E-state index contributed by atoms with van der Waals surface area (Å²) in [6.07, 6.45) is 0. The Morgan fingerprint density at radius 1 is 1.26 bits per heavy atom. The van der Waals surface area contributed by atoms with E-state index in [2.05, 4.69) is 9.97 Å². The lowest BCUT2D eigenvalue weighted by Crippen LogP contribution is -2.13. The Balaban J connectivity index is 2.35. The van der Waals surface area contributed by atoms with Crippen molar-refractivity contribution in [3.8, 4) is 11.8 Å². The largest absolute Gasteiger partial charge is 0.421 e. The molecule has 0 bridgehead atoms. The predicted octanol–water partition coefficient (Wildman–Crippen LogP) is 2.49. The molecule has 0 amide bonds. The van der Waals surface area contributed by atoms with Crippen molar-refractivity contribution in [2.45, 2.75) is 6.92 Å². The Morgan fingerprint density at radius 2 is 2.00 bits per heavy atom. The second kappa shape index (κ2) is 5.23. The second-order valence-corrected chi connectivity index (χ2v) is 4.16. The minimum Gasteiger partial charge on any atom is -0.421 e. The zero-order valence-corrected chi connectivity index (χ0v) is 10.7. The molecule has 0 aliphatic rings. The Kier molecular flexibility index (Phi) is 3.66. The summed E-state index contributed by atoms with van der Waals surface area (Å²) in [5.74, 6) is -1.72. The minimum absolute atomic E-state index is 0.0786. The van der Waals surface area contributed by atoms with Gasteiger partial charge in [-0.3, -0.25) is 0 Å². The number of aryl methyl sites for hydroxylation is 1. The van der Waals surface area contributed by atoms with Gasteiger partial charge in [-0.05, 0) is 25.1 Å². The van der Waals surface area contributed by atoms with E-state index in [0.29, 0.717) is 17.5 Å². The molecule has 1 heterocycles. The van der Waals surface area contributed by atoms with Gasteiger partial charge in [0.25, 0.3) is 0 Å². The average Bonchev–Trinajstić information content (AvgIpc) is 2.32. The summed E-state index contributed by atoms with van der Waals surface area (Å²) in [4.78, 5) is 7.98. The molecular weight excluding hydrogens is 272 g/mol. The molecule has 0 aliphatic carbocycles. The highest BCUT2D eigenvalue weighted by Gasteiger charge is 2.10. The van der Waals surface area contributed by atoms with Crippen LogP contribution < -0.4 is 10.5 Å².